The van der Waals surface area contributed by atoms with Crippen LogP contribution in [0.3, 0.4) is 0 Å². The van der Waals surface area contributed by atoms with Gasteiger partial charge in [-0.05, 0) is 54.8 Å². The van der Waals surface area contributed by atoms with Crippen molar-refractivity contribution < 1.29 is 9.59 Å². The van der Waals surface area contributed by atoms with Gasteiger partial charge in [-0.15, -0.1) is 21.5 Å². The second-order valence-corrected chi connectivity index (χ2v) is 9.08. The minimum absolute atomic E-state index is 0.167. The van der Waals surface area contributed by atoms with Crippen molar-refractivity contribution >= 4 is 40.6 Å². The molecular weight excluding hydrogens is 442 g/mol. The number of aryl methyl sites for hydroxylation is 1. The molecule has 9 heteroatoms. The van der Waals surface area contributed by atoms with Gasteiger partial charge in [0.15, 0.2) is 5.16 Å². The van der Waals surface area contributed by atoms with Crippen LogP contribution in [0.5, 0.6) is 0 Å². The zero-order chi connectivity index (χ0) is 22.5. The number of hydrogen-bond acceptors (Lipinski definition) is 6. The lowest BCUT2D eigenvalue weighted by Crippen LogP contribution is -2.15. The SMILES string of the molecule is Cc1ccc(-n2c(Cc3cccs3)nnc2SCC(=O)Nc2ccc(C(N)=O)cc2)cc1. The molecule has 0 aliphatic carbocycles. The van der Waals surface area contributed by atoms with E-state index in [-0.39, 0.29) is 11.7 Å². The van der Waals surface area contributed by atoms with Crippen LogP contribution in [0.15, 0.2) is 71.2 Å². The number of anilines is 1. The average Bonchev–Trinajstić information content (AvgIpc) is 3.44. The number of hydrogen-bond donors (Lipinski definition) is 2. The van der Waals surface area contributed by atoms with Crippen molar-refractivity contribution in [3.05, 3.63) is 87.9 Å². The van der Waals surface area contributed by atoms with Crippen molar-refractivity contribution in [3.8, 4) is 5.69 Å². The predicted octanol–water partition coefficient (Wildman–Crippen LogP) is 4.06. The molecule has 0 aliphatic rings. The second kappa shape index (κ2) is 9.80. The fourth-order valence-corrected chi connectivity index (χ4v) is 4.55. The van der Waals surface area contributed by atoms with Crippen LogP contribution in [0.25, 0.3) is 5.69 Å². The summed E-state index contributed by atoms with van der Waals surface area (Å²) >= 11 is 3.00. The minimum atomic E-state index is -0.507. The number of nitrogens with two attached hydrogens (primary N) is 1. The maximum atomic E-state index is 12.5. The van der Waals surface area contributed by atoms with Crippen LogP contribution in [-0.4, -0.2) is 32.3 Å². The smallest absolute Gasteiger partial charge is 0.248 e. The van der Waals surface area contributed by atoms with E-state index in [0.717, 1.165) is 17.1 Å². The standard InChI is InChI=1S/C23H21N5O2S2/c1-15-4-10-18(11-5-15)28-20(13-19-3-2-12-31-19)26-27-23(28)32-14-21(29)25-17-8-6-16(7-9-17)22(24)30/h2-12H,13-14H2,1H3,(H2,24,30)(H,25,29). The van der Waals surface area contributed by atoms with Crippen molar-refractivity contribution in [3.63, 3.8) is 0 Å². The maximum Gasteiger partial charge on any atom is 0.248 e. The zero-order valence-electron chi connectivity index (χ0n) is 17.3. The summed E-state index contributed by atoms with van der Waals surface area (Å²) in [6, 6.07) is 18.7. The molecule has 2 amide bonds. The number of amides is 2. The lowest BCUT2D eigenvalue weighted by Gasteiger charge is -2.10. The largest absolute Gasteiger partial charge is 0.366 e. The van der Waals surface area contributed by atoms with E-state index in [9.17, 15) is 9.59 Å². The third kappa shape index (κ3) is 5.24. The summed E-state index contributed by atoms with van der Waals surface area (Å²) in [5, 5.41) is 14.3. The highest BCUT2D eigenvalue weighted by molar-refractivity contribution is 7.99. The van der Waals surface area contributed by atoms with Gasteiger partial charge in [-0.25, -0.2) is 0 Å². The topological polar surface area (TPSA) is 103 Å². The van der Waals surface area contributed by atoms with Gasteiger partial charge in [0.05, 0.1) is 5.75 Å². The molecule has 32 heavy (non-hydrogen) atoms. The van der Waals surface area contributed by atoms with Crippen LogP contribution < -0.4 is 11.1 Å². The van der Waals surface area contributed by atoms with Crippen molar-refractivity contribution in [1.82, 2.24) is 14.8 Å². The Hall–Kier alpha value is -3.43. The van der Waals surface area contributed by atoms with Crippen molar-refractivity contribution in [2.45, 2.75) is 18.5 Å². The molecule has 0 saturated heterocycles. The van der Waals surface area contributed by atoms with E-state index in [4.69, 9.17) is 5.73 Å². The van der Waals surface area contributed by atoms with Crippen LogP contribution in [0.4, 0.5) is 5.69 Å². The molecule has 0 saturated carbocycles. The molecule has 3 N–H and O–H groups in total. The summed E-state index contributed by atoms with van der Waals surface area (Å²) in [6.45, 7) is 2.04. The van der Waals surface area contributed by atoms with Crippen LogP contribution in [-0.2, 0) is 11.2 Å². The quantitative estimate of drug-likeness (QED) is 0.384. The van der Waals surface area contributed by atoms with Gasteiger partial charge in [0.2, 0.25) is 11.8 Å². The maximum absolute atomic E-state index is 12.5. The Morgan fingerprint density at radius 2 is 1.81 bits per heavy atom. The Bertz CT molecular complexity index is 1220. The first kappa shape index (κ1) is 21.8. The number of nitrogens with one attached hydrogen (secondary N) is 1. The normalized spacial score (nSPS) is 10.8. The molecule has 0 fully saturated rings. The molecule has 2 heterocycles. The Kier molecular flexibility index (Phi) is 6.67. The van der Waals surface area contributed by atoms with Gasteiger partial charge >= 0.3 is 0 Å². The van der Waals surface area contributed by atoms with Crippen LogP contribution in [0.1, 0.15) is 26.6 Å². The van der Waals surface area contributed by atoms with E-state index in [1.807, 2.05) is 47.2 Å². The molecule has 2 aromatic heterocycles. The number of carbonyl (C=O) groups excluding carboxylic acids is 2. The summed E-state index contributed by atoms with van der Waals surface area (Å²) < 4.78 is 2.00. The van der Waals surface area contributed by atoms with Crippen LogP contribution in [0, 0.1) is 6.92 Å². The average molecular weight is 464 g/mol. The monoisotopic (exact) mass is 463 g/mol. The summed E-state index contributed by atoms with van der Waals surface area (Å²) in [5.74, 6) is 0.300. The Balaban J connectivity index is 1.50. The number of nitrogens with zero attached hydrogens (tertiary/aromatic N) is 3. The minimum Gasteiger partial charge on any atom is -0.366 e. The third-order valence-corrected chi connectivity index (χ3v) is 6.50. The highest BCUT2D eigenvalue weighted by atomic mass is 32.2. The van der Waals surface area contributed by atoms with E-state index < -0.39 is 5.91 Å². The summed E-state index contributed by atoms with van der Waals surface area (Å²) in [4.78, 5) is 24.9. The Morgan fingerprint density at radius 3 is 2.47 bits per heavy atom. The van der Waals surface area contributed by atoms with E-state index in [2.05, 4.69) is 21.6 Å². The van der Waals surface area contributed by atoms with Gasteiger partial charge in [0.1, 0.15) is 5.82 Å². The lowest BCUT2D eigenvalue weighted by molar-refractivity contribution is -0.113. The molecule has 0 bridgehead atoms. The van der Waals surface area contributed by atoms with Gasteiger partial charge in [-0.2, -0.15) is 0 Å². The Labute approximate surface area is 193 Å². The van der Waals surface area contributed by atoms with Gasteiger partial charge in [-0.3, -0.25) is 14.2 Å². The van der Waals surface area contributed by atoms with E-state index >= 15 is 0 Å². The second-order valence-electron chi connectivity index (χ2n) is 7.10. The van der Waals surface area contributed by atoms with E-state index in [0.29, 0.717) is 22.8 Å². The number of primary amides is 1. The van der Waals surface area contributed by atoms with Gasteiger partial charge in [0, 0.05) is 28.2 Å². The number of rotatable bonds is 8. The fraction of sp³-hybridized carbons (Fsp3) is 0.130. The van der Waals surface area contributed by atoms with E-state index in [1.165, 1.54) is 16.6 Å². The van der Waals surface area contributed by atoms with Crippen molar-refractivity contribution in [1.29, 1.82) is 0 Å². The van der Waals surface area contributed by atoms with Gasteiger partial charge in [-0.1, -0.05) is 35.5 Å². The summed E-state index contributed by atoms with van der Waals surface area (Å²) in [6.07, 6.45) is 0.664. The first-order valence-corrected chi connectivity index (χ1v) is 11.7. The highest BCUT2D eigenvalue weighted by Crippen LogP contribution is 2.25. The number of thioether (sulfide) groups is 1. The molecule has 4 aromatic rings. The van der Waals surface area contributed by atoms with Gasteiger partial charge < -0.3 is 11.1 Å². The Morgan fingerprint density at radius 1 is 1.06 bits per heavy atom. The fourth-order valence-electron chi connectivity index (χ4n) is 3.08. The molecule has 7 nitrogen and oxygen atoms in total. The molecule has 0 radical (unpaired) electrons. The van der Waals surface area contributed by atoms with Gasteiger partial charge in [0.25, 0.3) is 0 Å². The molecule has 162 valence electrons. The van der Waals surface area contributed by atoms with Crippen molar-refractivity contribution in [2.75, 3.05) is 11.1 Å². The number of aromatic nitrogens is 3. The lowest BCUT2D eigenvalue weighted by atomic mass is 10.2. The molecule has 0 aliphatic heterocycles. The van der Waals surface area contributed by atoms with Crippen molar-refractivity contribution in [2.24, 2.45) is 5.73 Å². The molecule has 0 spiro atoms. The highest BCUT2D eigenvalue weighted by Gasteiger charge is 2.17. The first-order valence-electron chi connectivity index (χ1n) is 9.86. The molecule has 0 atom stereocenters. The zero-order valence-corrected chi connectivity index (χ0v) is 19.0. The summed E-state index contributed by atoms with van der Waals surface area (Å²) in [7, 11) is 0. The van der Waals surface area contributed by atoms with Crippen LogP contribution in [0.2, 0.25) is 0 Å². The number of benzene rings is 2. The first-order chi connectivity index (χ1) is 15.5. The number of thiophene rings is 1. The van der Waals surface area contributed by atoms with Crippen LogP contribution >= 0.6 is 23.1 Å². The van der Waals surface area contributed by atoms with E-state index in [1.54, 1.807) is 35.6 Å². The molecule has 2 aromatic carbocycles. The predicted molar refractivity (Wildman–Crippen MR) is 128 cm³/mol. The third-order valence-electron chi connectivity index (χ3n) is 4.69. The number of carbonyl (C=O) groups is 2. The molecular formula is C23H21N5O2S2. The molecule has 4 rings (SSSR count). The molecule has 0 unspecified atom stereocenters. The summed E-state index contributed by atoms with van der Waals surface area (Å²) in [5.41, 5.74) is 8.35.